The van der Waals surface area contributed by atoms with Crippen molar-refractivity contribution in [1.29, 1.82) is 0 Å². The number of amides is 3. The Morgan fingerprint density at radius 1 is 1.23 bits per heavy atom. The summed E-state index contributed by atoms with van der Waals surface area (Å²) in [5.74, 6) is -0.0854. The molecule has 5 N–H and O–H groups in total. The maximum atomic E-state index is 12.6. The lowest BCUT2D eigenvalue weighted by Crippen LogP contribution is -2.61. The summed E-state index contributed by atoms with van der Waals surface area (Å²) in [6.07, 6.45) is 6.32. The maximum absolute atomic E-state index is 12.6. The van der Waals surface area contributed by atoms with Gasteiger partial charge in [0.2, 0.25) is 5.91 Å². The molecular formula is C15H31ClN4O2. The molecule has 7 heteroatoms. The van der Waals surface area contributed by atoms with Crippen molar-refractivity contribution in [3.63, 3.8) is 0 Å². The van der Waals surface area contributed by atoms with Crippen LogP contribution < -0.4 is 21.7 Å². The van der Waals surface area contributed by atoms with E-state index in [1.165, 1.54) is 0 Å². The molecule has 0 aromatic rings. The molecule has 1 unspecified atom stereocenters. The van der Waals surface area contributed by atoms with Gasteiger partial charge in [0.15, 0.2) is 0 Å². The number of nitrogens with one attached hydrogen (secondary N) is 3. The van der Waals surface area contributed by atoms with Crippen LogP contribution in [0.25, 0.3) is 0 Å². The Labute approximate surface area is 139 Å². The van der Waals surface area contributed by atoms with Gasteiger partial charge >= 0.3 is 6.03 Å². The number of hydrogen-bond donors (Lipinski definition) is 4. The van der Waals surface area contributed by atoms with E-state index in [2.05, 4.69) is 22.9 Å². The normalized spacial score (nSPS) is 17.2. The first-order valence-corrected chi connectivity index (χ1v) is 8.15. The highest BCUT2D eigenvalue weighted by molar-refractivity contribution is 5.91. The summed E-state index contributed by atoms with van der Waals surface area (Å²) >= 11 is 0. The molecule has 1 aliphatic rings. The highest BCUT2D eigenvalue weighted by Gasteiger charge is 2.42. The molecule has 0 radical (unpaired) electrons. The lowest BCUT2D eigenvalue weighted by Gasteiger charge is -2.31. The largest absolute Gasteiger partial charge is 0.350 e. The van der Waals surface area contributed by atoms with Crippen LogP contribution in [0.5, 0.6) is 0 Å². The van der Waals surface area contributed by atoms with Gasteiger partial charge in [0.05, 0.1) is 0 Å². The first kappa shape index (κ1) is 21.0. The molecule has 1 aliphatic carbocycles. The third-order valence-electron chi connectivity index (χ3n) is 4.11. The van der Waals surface area contributed by atoms with Crippen LogP contribution >= 0.6 is 12.4 Å². The molecule has 0 aromatic carbocycles. The fraction of sp³-hybridized carbons (Fsp3) is 0.867. The lowest BCUT2D eigenvalue weighted by atomic mass is 9.95. The molecule has 1 atom stereocenters. The lowest BCUT2D eigenvalue weighted by molar-refractivity contribution is -0.127. The minimum absolute atomic E-state index is 0. The van der Waals surface area contributed by atoms with Gasteiger partial charge in [-0.2, -0.15) is 0 Å². The van der Waals surface area contributed by atoms with E-state index < -0.39 is 5.54 Å². The van der Waals surface area contributed by atoms with E-state index in [-0.39, 0.29) is 30.4 Å². The third-order valence-corrected chi connectivity index (χ3v) is 4.11. The molecule has 6 nitrogen and oxygen atoms in total. The average molecular weight is 335 g/mol. The fourth-order valence-corrected chi connectivity index (χ4v) is 2.83. The van der Waals surface area contributed by atoms with Crippen LogP contribution in [-0.4, -0.2) is 36.6 Å². The predicted molar refractivity (Wildman–Crippen MR) is 91.2 cm³/mol. The fourth-order valence-electron chi connectivity index (χ4n) is 2.83. The second kappa shape index (κ2) is 10.7. The van der Waals surface area contributed by atoms with Crippen LogP contribution in [0.4, 0.5) is 4.79 Å². The minimum Gasteiger partial charge on any atom is -0.350 e. The topological polar surface area (TPSA) is 96.2 Å². The molecule has 1 rings (SSSR count). The smallest absolute Gasteiger partial charge is 0.315 e. The van der Waals surface area contributed by atoms with E-state index in [9.17, 15) is 9.59 Å². The Bertz CT molecular complexity index is 346. The van der Waals surface area contributed by atoms with Gasteiger partial charge in [-0.15, -0.1) is 12.4 Å². The zero-order chi connectivity index (χ0) is 15.7. The van der Waals surface area contributed by atoms with Crippen molar-refractivity contribution in [2.24, 2.45) is 5.73 Å². The molecule has 22 heavy (non-hydrogen) atoms. The van der Waals surface area contributed by atoms with Crippen molar-refractivity contribution in [2.45, 2.75) is 70.4 Å². The Morgan fingerprint density at radius 3 is 2.36 bits per heavy atom. The molecule has 0 heterocycles. The highest BCUT2D eigenvalue weighted by atomic mass is 35.5. The summed E-state index contributed by atoms with van der Waals surface area (Å²) in [4.78, 5) is 24.4. The average Bonchev–Trinajstić information content (AvgIpc) is 2.93. The van der Waals surface area contributed by atoms with Crippen LogP contribution in [0.1, 0.15) is 58.8 Å². The zero-order valence-corrected chi connectivity index (χ0v) is 14.6. The number of nitrogens with two attached hydrogens (primary N) is 1. The van der Waals surface area contributed by atoms with Crippen molar-refractivity contribution in [3.05, 3.63) is 0 Å². The number of urea groups is 1. The van der Waals surface area contributed by atoms with Gasteiger partial charge < -0.3 is 21.7 Å². The maximum Gasteiger partial charge on any atom is 0.315 e. The van der Waals surface area contributed by atoms with Gasteiger partial charge in [-0.3, -0.25) is 4.79 Å². The Kier molecular flexibility index (Phi) is 10.2. The predicted octanol–water partition coefficient (Wildman–Crippen LogP) is 1.67. The molecule has 3 amide bonds. The Balaban J connectivity index is 0.00000441. The summed E-state index contributed by atoms with van der Waals surface area (Å²) in [6, 6.07) is -0.279. The summed E-state index contributed by atoms with van der Waals surface area (Å²) in [5, 5.41) is 8.60. The first-order valence-electron chi connectivity index (χ1n) is 8.15. The second-order valence-corrected chi connectivity index (χ2v) is 5.82. The van der Waals surface area contributed by atoms with Crippen molar-refractivity contribution in [3.8, 4) is 0 Å². The molecule has 130 valence electrons. The minimum atomic E-state index is -0.765. The van der Waals surface area contributed by atoms with Gasteiger partial charge in [0.25, 0.3) is 0 Å². The number of halogens is 1. The zero-order valence-electron chi connectivity index (χ0n) is 13.7. The van der Waals surface area contributed by atoms with Crippen LogP contribution in [-0.2, 0) is 4.79 Å². The van der Waals surface area contributed by atoms with Crippen molar-refractivity contribution < 1.29 is 9.59 Å². The molecule has 1 saturated carbocycles. The molecule has 1 fully saturated rings. The summed E-state index contributed by atoms with van der Waals surface area (Å²) in [6.45, 7) is 4.95. The molecule has 0 bridgehead atoms. The first-order chi connectivity index (χ1) is 10.1. The van der Waals surface area contributed by atoms with Gasteiger partial charge in [-0.25, -0.2) is 4.79 Å². The molecule has 0 spiro atoms. The van der Waals surface area contributed by atoms with Crippen LogP contribution in [0.2, 0.25) is 0 Å². The van der Waals surface area contributed by atoms with E-state index >= 15 is 0 Å². The van der Waals surface area contributed by atoms with E-state index in [1.807, 2.05) is 6.92 Å². The third kappa shape index (κ3) is 6.01. The number of carbonyl (C=O) groups excluding carboxylic acids is 2. The SMILES string of the molecule is CCCCC(CN)NC(=O)C1(NC(=O)NCC)CCCC1.Cl. The van der Waals surface area contributed by atoms with Crippen molar-refractivity contribution >= 4 is 24.3 Å². The number of unbranched alkanes of at least 4 members (excludes halogenated alkanes) is 1. The van der Waals surface area contributed by atoms with Crippen LogP contribution in [0.3, 0.4) is 0 Å². The van der Waals surface area contributed by atoms with Gasteiger partial charge in [-0.1, -0.05) is 32.6 Å². The van der Waals surface area contributed by atoms with Crippen molar-refractivity contribution in [1.82, 2.24) is 16.0 Å². The van der Waals surface area contributed by atoms with E-state index in [0.717, 1.165) is 32.1 Å². The Hall–Kier alpha value is -1.01. The van der Waals surface area contributed by atoms with E-state index in [0.29, 0.717) is 25.9 Å². The number of carbonyl (C=O) groups is 2. The van der Waals surface area contributed by atoms with Gasteiger partial charge in [-0.05, 0) is 26.2 Å². The van der Waals surface area contributed by atoms with Gasteiger partial charge in [0.1, 0.15) is 5.54 Å². The molecule has 0 aliphatic heterocycles. The second-order valence-electron chi connectivity index (χ2n) is 5.82. The van der Waals surface area contributed by atoms with E-state index in [4.69, 9.17) is 5.73 Å². The molecular weight excluding hydrogens is 304 g/mol. The van der Waals surface area contributed by atoms with Gasteiger partial charge in [0, 0.05) is 19.1 Å². The van der Waals surface area contributed by atoms with E-state index in [1.54, 1.807) is 0 Å². The Morgan fingerprint density at radius 2 is 1.86 bits per heavy atom. The van der Waals surface area contributed by atoms with Crippen LogP contribution in [0.15, 0.2) is 0 Å². The van der Waals surface area contributed by atoms with Crippen LogP contribution in [0, 0.1) is 0 Å². The number of rotatable bonds is 8. The highest BCUT2D eigenvalue weighted by Crippen LogP contribution is 2.30. The summed E-state index contributed by atoms with van der Waals surface area (Å²) < 4.78 is 0. The standard InChI is InChI=1S/C15H30N4O2.ClH/c1-3-5-8-12(11-16)18-13(20)15(9-6-7-10-15)19-14(21)17-4-2;/h12H,3-11,16H2,1-2H3,(H,18,20)(H2,17,19,21);1H. The quantitative estimate of drug-likeness (QED) is 0.543. The van der Waals surface area contributed by atoms with Crippen molar-refractivity contribution in [2.75, 3.05) is 13.1 Å². The molecule has 0 aromatic heterocycles. The monoisotopic (exact) mass is 334 g/mol. The summed E-state index contributed by atoms with van der Waals surface area (Å²) in [5.41, 5.74) is 4.97. The summed E-state index contributed by atoms with van der Waals surface area (Å²) in [7, 11) is 0. The number of hydrogen-bond acceptors (Lipinski definition) is 3. The molecule has 0 saturated heterocycles.